The van der Waals surface area contributed by atoms with E-state index in [0.29, 0.717) is 0 Å². The van der Waals surface area contributed by atoms with Gasteiger partial charge in [-0.15, -0.1) is 13.2 Å². The van der Waals surface area contributed by atoms with Gasteiger partial charge in [-0.2, -0.15) is 0 Å². The number of ether oxygens (including phenoxy) is 1. The van der Waals surface area contributed by atoms with Crippen LogP contribution >= 0.6 is 0 Å². The van der Waals surface area contributed by atoms with Crippen LogP contribution in [0, 0.1) is 11.8 Å². The van der Waals surface area contributed by atoms with E-state index in [0.717, 1.165) is 0 Å². The summed E-state index contributed by atoms with van der Waals surface area (Å²) in [4.78, 5) is 0. The van der Waals surface area contributed by atoms with E-state index < -0.39 is 6.36 Å². The first-order valence-corrected chi connectivity index (χ1v) is 4.06. The largest absolute Gasteiger partial charge is 0.573 e. The second-order valence-electron chi connectivity index (χ2n) is 2.55. The van der Waals surface area contributed by atoms with Crippen LogP contribution in [0.15, 0.2) is 24.3 Å². The molecular formula is C10H8F3NO. The normalized spacial score (nSPS) is 10.4. The molecule has 15 heavy (non-hydrogen) atoms. The van der Waals surface area contributed by atoms with E-state index in [9.17, 15) is 13.2 Å². The van der Waals surface area contributed by atoms with Gasteiger partial charge in [0.15, 0.2) is 0 Å². The summed E-state index contributed by atoms with van der Waals surface area (Å²) in [6, 6.07) is 5.65. The molecule has 0 bridgehead atoms. The number of hydrogen-bond acceptors (Lipinski definition) is 2. The van der Waals surface area contributed by atoms with Gasteiger partial charge in [-0.05, 0) is 12.1 Å². The zero-order valence-corrected chi connectivity index (χ0v) is 7.64. The molecule has 1 aromatic rings. The van der Waals surface area contributed by atoms with Gasteiger partial charge < -0.3 is 10.5 Å². The summed E-state index contributed by atoms with van der Waals surface area (Å²) in [6.45, 7) is 0.0837. The Morgan fingerprint density at radius 3 is 2.53 bits per heavy atom. The van der Waals surface area contributed by atoms with Crippen LogP contribution in [-0.4, -0.2) is 12.9 Å². The SMILES string of the molecule is NCC#Cc1ccccc1OC(F)(F)F. The standard InChI is InChI=1S/C10H8F3NO/c11-10(12,13)15-9-6-2-1-4-8(9)5-3-7-14/h1-2,4,6H,7,14H2. The minimum Gasteiger partial charge on any atom is -0.404 e. The van der Waals surface area contributed by atoms with E-state index in [1.54, 1.807) is 6.07 Å². The lowest BCUT2D eigenvalue weighted by atomic mass is 10.2. The summed E-state index contributed by atoms with van der Waals surface area (Å²) in [5.74, 6) is 4.64. The molecule has 0 aliphatic carbocycles. The molecule has 0 saturated heterocycles. The third-order valence-electron chi connectivity index (χ3n) is 1.44. The van der Waals surface area contributed by atoms with Crippen molar-refractivity contribution in [2.75, 3.05) is 6.54 Å². The van der Waals surface area contributed by atoms with Crippen molar-refractivity contribution in [2.45, 2.75) is 6.36 Å². The Bertz CT molecular complexity index is 390. The molecule has 2 nitrogen and oxygen atoms in total. The number of para-hydroxylation sites is 1. The van der Waals surface area contributed by atoms with Crippen LogP contribution in [0.25, 0.3) is 0 Å². The number of rotatable bonds is 1. The zero-order chi connectivity index (χ0) is 11.3. The van der Waals surface area contributed by atoms with Crippen molar-refractivity contribution in [1.82, 2.24) is 0 Å². The number of alkyl halides is 3. The molecule has 0 heterocycles. The van der Waals surface area contributed by atoms with Gasteiger partial charge in [0.05, 0.1) is 12.1 Å². The molecule has 0 fully saturated rings. The van der Waals surface area contributed by atoms with E-state index in [1.807, 2.05) is 0 Å². The Balaban J connectivity index is 2.96. The van der Waals surface area contributed by atoms with Gasteiger partial charge in [-0.25, -0.2) is 0 Å². The van der Waals surface area contributed by atoms with Gasteiger partial charge in [-0.1, -0.05) is 24.0 Å². The molecule has 1 rings (SSSR count). The molecule has 0 aliphatic heterocycles. The lowest BCUT2D eigenvalue weighted by Crippen LogP contribution is -2.17. The van der Waals surface area contributed by atoms with Gasteiger partial charge in [0.25, 0.3) is 0 Å². The number of nitrogens with two attached hydrogens (primary N) is 1. The molecule has 5 heteroatoms. The number of halogens is 3. The van der Waals surface area contributed by atoms with E-state index >= 15 is 0 Å². The van der Waals surface area contributed by atoms with E-state index in [4.69, 9.17) is 5.73 Å². The monoisotopic (exact) mass is 215 g/mol. The van der Waals surface area contributed by atoms with Crippen molar-refractivity contribution in [1.29, 1.82) is 0 Å². The van der Waals surface area contributed by atoms with Crippen LogP contribution in [0.1, 0.15) is 5.56 Å². The Morgan fingerprint density at radius 2 is 1.93 bits per heavy atom. The van der Waals surface area contributed by atoms with E-state index in [1.165, 1.54) is 18.2 Å². The summed E-state index contributed by atoms with van der Waals surface area (Å²) in [6.07, 6.45) is -4.71. The first-order valence-electron chi connectivity index (χ1n) is 4.06. The highest BCUT2D eigenvalue weighted by Crippen LogP contribution is 2.25. The molecule has 0 aliphatic rings. The van der Waals surface area contributed by atoms with Crippen LogP contribution in [0.2, 0.25) is 0 Å². The molecular weight excluding hydrogens is 207 g/mol. The van der Waals surface area contributed by atoms with Crippen molar-refractivity contribution in [3.05, 3.63) is 29.8 Å². The smallest absolute Gasteiger partial charge is 0.404 e. The topological polar surface area (TPSA) is 35.2 Å². The van der Waals surface area contributed by atoms with Crippen molar-refractivity contribution < 1.29 is 17.9 Å². The predicted molar refractivity (Wildman–Crippen MR) is 49.1 cm³/mol. The summed E-state index contributed by atoms with van der Waals surface area (Å²) >= 11 is 0. The van der Waals surface area contributed by atoms with Crippen LogP contribution in [-0.2, 0) is 0 Å². The summed E-state index contributed by atoms with van der Waals surface area (Å²) < 4.78 is 39.6. The Labute approximate surface area is 84.8 Å². The minimum atomic E-state index is -4.71. The van der Waals surface area contributed by atoms with E-state index in [2.05, 4.69) is 16.6 Å². The average molecular weight is 215 g/mol. The fraction of sp³-hybridized carbons (Fsp3) is 0.200. The maximum Gasteiger partial charge on any atom is 0.573 e. The Morgan fingerprint density at radius 1 is 1.27 bits per heavy atom. The number of benzene rings is 1. The maximum atomic E-state index is 11.9. The molecule has 0 atom stereocenters. The molecule has 2 N–H and O–H groups in total. The van der Waals surface area contributed by atoms with Crippen molar-refractivity contribution in [3.63, 3.8) is 0 Å². The van der Waals surface area contributed by atoms with Gasteiger partial charge in [0.1, 0.15) is 5.75 Å². The molecule has 80 valence electrons. The van der Waals surface area contributed by atoms with Crippen molar-refractivity contribution in [2.24, 2.45) is 5.73 Å². The second kappa shape index (κ2) is 4.71. The van der Waals surface area contributed by atoms with Crippen molar-refractivity contribution >= 4 is 0 Å². The highest BCUT2D eigenvalue weighted by Gasteiger charge is 2.31. The lowest BCUT2D eigenvalue weighted by molar-refractivity contribution is -0.274. The molecule has 0 spiro atoms. The highest BCUT2D eigenvalue weighted by molar-refractivity contribution is 5.46. The maximum absolute atomic E-state index is 11.9. The molecule has 0 aromatic heterocycles. The minimum absolute atomic E-state index is 0.0837. The van der Waals surface area contributed by atoms with Crippen LogP contribution < -0.4 is 10.5 Å². The summed E-state index contributed by atoms with van der Waals surface area (Å²) in [7, 11) is 0. The van der Waals surface area contributed by atoms with Gasteiger partial charge in [0, 0.05) is 0 Å². The third-order valence-corrected chi connectivity index (χ3v) is 1.44. The van der Waals surface area contributed by atoms with Gasteiger partial charge in [0.2, 0.25) is 0 Å². The van der Waals surface area contributed by atoms with Crippen LogP contribution in [0.3, 0.4) is 0 Å². The van der Waals surface area contributed by atoms with Crippen molar-refractivity contribution in [3.8, 4) is 17.6 Å². The average Bonchev–Trinajstić information content (AvgIpc) is 2.14. The fourth-order valence-corrected chi connectivity index (χ4v) is 0.930. The Hall–Kier alpha value is -1.67. The molecule has 0 saturated carbocycles. The molecule has 0 unspecified atom stereocenters. The lowest BCUT2D eigenvalue weighted by Gasteiger charge is -2.09. The third kappa shape index (κ3) is 3.92. The van der Waals surface area contributed by atoms with Gasteiger partial charge in [-0.3, -0.25) is 0 Å². The fourth-order valence-electron chi connectivity index (χ4n) is 0.930. The van der Waals surface area contributed by atoms with Crippen LogP contribution in [0.5, 0.6) is 5.75 Å². The van der Waals surface area contributed by atoms with Gasteiger partial charge >= 0.3 is 6.36 Å². The van der Waals surface area contributed by atoms with Crippen LogP contribution in [0.4, 0.5) is 13.2 Å². The predicted octanol–water partition coefficient (Wildman–Crippen LogP) is 1.90. The first kappa shape index (κ1) is 11.4. The zero-order valence-electron chi connectivity index (χ0n) is 7.64. The Kier molecular flexibility index (Phi) is 3.58. The highest BCUT2D eigenvalue weighted by atomic mass is 19.4. The summed E-state index contributed by atoms with van der Waals surface area (Å²) in [5.41, 5.74) is 5.28. The number of hydrogen-bond donors (Lipinski definition) is 1. The molecule has 0 radical (unpaired) electrons. The molecule has 0 amide bonds. The first-order chi connectivity index (χ1) is 7.03. The summed E-state index contributed by atoms with van der Waals surface area (Å²) in [5, 5.41) is 0. The quantitative estimate of drug-likeness (QED) is 0.726. The molecule has 1 aromatic carbocycles. The second-order valence-corrected chi connectivity index (χ2v) is 2.55. The van der Waals surface area contributed by atoms with E-state index in [-0.39, 0.29) is 17.9 Å².